The highest BCUT2D eigenvalue weighted by atomic mass is 19.3. The Kier molecular flexibility index (Phi) is 7.74. The Morgan fingerprint density at radius 2 is 1.86 bits per heavy atom. The van der Waals surface area contributed by atoms with Gasteiger partial charge in [0, 0.05) is 47.5 Å². The molecule has 2 N–H and O–H groups in total. The number of aromatic nitrogens is 2. The molecule has 6 rings (SSSR count). The van der Waals surface area contributed by atoms with Crippen molar-refractivity contribution in [3.05, 3.63) is 58.2 Å². The second kappa shape index (κ2) is 11.3. The molecule has 1 saturated carbocycles. The Labute approximate surface area is 242 Å². The minimum atomic E-state index is -2.93. The van der Waals surface area contributed by atoms with E-state index in [0.717, 1.165) is 11.6 Å². The first-order valence-corrected chi connectivity index (χ1v) is 14.6. The summed E-state index contributed by atoms with van der Waals surface area (Å²) in [6, 6.07) is 5.13. The Balaban J connectivity index is 1.33. The minimum absolute atomic E-state index is 0.101. The quantitative estimate of drug-likeness (QED) is 0.403. The number of amides is 1. The summed E-state index contributed by atoms with van der Waals surface area (Å²) in [5.41, 5.74) is 0.421. The lowest BCUT2D eigenvalue weighted by molar-refractivity contribution is -0.142. The van der Waals surface area contributed by atoms with Gasteiger partial charge >= 0.3 is 0 Å². The van der Waals surface area contributed by atoms with Gasteiger partial charge in [0.2, 0.25) is 5.91 Å². The van der Waals surface area contributed by atoms with Crippen LogP contribution < -0.4 is 10.1 Å². The highest BCUT2D eigenvalue weighted by Crippen LogP contribution is 2.48. The van der Waals surface area contributed by atoms with E-state index in [1.54, 1.807) is 13.8 Å². The zero-order chi connectivity index (χ0) is 29.6. The van der Waals surface area contributed by atoms with Crippen LogP contribution in [0.25, 0.3) is 10.9 Å². The van der Waals surface area contributed by atoms with Crippen molar-refractivity contribution in [1.82, 2.24) is 14.9 Å². The van der Waals surface area contributed by atoms with Gasteiger partial charge in [0.15, 0.2) is 0 Å². The molecule has 1 amide bonds. The first-order chi connectivity index (χ1) is 20.2. The molecule has 0 spiro atoms. The number of aliphatic hydroxyl groups is 1. The van der Waals surface area contributed by atoms with Gasteiger partial charge in [-0.1, -0.05) is 18.2 Å². The number of nitrogens with one attached hydrogen (secondary N) is 1. The number of benzene rings is 2. The SMILES string of the molecule is Cc1nc(N[C@H](C)c2cccc(C(F)F)c2F)c2cc(C3(O)CCC(C(=O)N4CCOCC4)CC3)c3c(c2n1)CCO3. The third kappa shape index (κ3) is 5.17. The summed E-state index contributed by atoms with van der Waals surface area (Å²) in [7, 11) is 0. The van der Waals surface area contributed by atoms with Gasteiger partial charge in [0.05, 0.1) is 42.5 Å². The fourth-order valence-corrected chi connectivity index (χ4v) is 6.54. The van der Waals surface area contributed by atoms with Gasteiger partial charge in [-0.05, 0) is 45.6 Å². The number of aryl methyl sites for hydroxylation is 1. The molecule has 11 heteroatoms. The molecule has 0 radical (unpaired) electrons. The van der Waals surface area contributed by atoms with Crippen molar-refractivity contribution < 1.29 is 32.5 Å². The molecule has 1 atom stereocenters. The number of carbonyl (C=O) groups excluding carboxylic acids is 1. The summed E-state index contributed by atoms with van der Waals surface area (Å²) in [4.78, 5) is 24.3. The number of anilines is 1. The number of carbonyl (C=O) groups is 1. The second-order valence-corrected chi connectivity index (χ2v) is 11.5. The zero-order valence-electron chi connectivity index (χ0n) is 23.8. The standard InChI is InChI=1S/C31H35F3N4O4/c1-17(20-4-3-5-21(25(20)32)28(33)34)35-29-23-16-24(27-22(8-13-42-27)26(23)36-18(2)37-29)31(40)9-6-19(7-10-31)30(39)38-11-14-41-15-12-38/h3-5,16-17,19,28,40H,6-15H2,1-2H3,(H,35,36,37)/t17-,19?,31?/m1/s1. The van der Waals surface area contributed by atoms with Crippen LogP contribution in [0.3, 0.4) is 0 Å². The Hall–Kier alpha value is -3.44. The average Bonchev–Trinajstić information content (AvgIpc) is 3.47. The molecule has 1 saturated heterocycles. The predicted molar refractivity (Wildman–Crippen MR) is 150 cm³/mol. The molecule has 224 valence electrons. The molecule has 0 unspecified atom stereocenters. The molecule has 2 aromatic carbocycles. The highest BCUT2D eigenvalue weighted by Gasteiger charge is 2.42. The normalized spacial score (nSPS) is 23.1. The van der Waals surface area contributed by atoms with Crippen LogP contribution >= 0.6 is 0 Å². The third-order valence-corrected chi connectivity index (χ3v) is 8.85. The lowest BCUT2D eigenvalue weighted by Gasteiger charge is -2.39. The van der Waals surface area contributed by atoms with Gasteiger partial charge in [0.1, 0.15) is 23.2 Å². The van der Waals surface area contributed by atoms with E-state index in [-0.39, 0.29) is 17.4 Å². The van der Waals surface area contributed by atoms with Crippen LogP contribution in [0.2, 0.25) is 0 Å². The molecular weight excluding hydrogens is 549 g/mol. The van der Waals surface area contributed by atoms with Crippen LogP contribution in [0.15, 0.2) is 24.3 Å². The van der Waals surface area contributed by atoms with E-state index in [2.05, 4.69) is 10.3 Å². The van der Waals surface area contributed by atoms with E-state index in [1.165, 1.54) is 12.1 Å². The summed E-state index contributed by atoms with van der Waals surface area (Å²) in [6.45, 7) is 6.17. The first-order valence-electron chi connectivity index (χ1n) is 14.6. The molecule has 3 aliphatic rings. The average molecular weight is 585 g/mol. The smallest absolute Gasteiger partial charge is 0.266 e. The fourth-order valence-electron chi connectivity index (χ4n) is 6.54. The largest absolute Gasteiger partial charge is 0.492 e. The second-order valence-electron chi connectivity index (χ2n) is 11.5. The lowest BCUT2D eigenvalue weighted by Crippen LogP contribution is -2.45. The number of hydrogen-bond acceptors (Lipinski definition) is 7. The molecule has 3 aromatic rings. The third-order valence-electron chi connectivity index (χ3n) is 8.85. The van der Waals surface area contributed by atoms with Gasteiger partial charge < -0.3 is 24.8 Å². The molecule has 0 bridgehead atoms. The maximum atomic E-state index is 15.0. The summed E-state index contributed by atoms with van der Waals surface area (Å²) in [5, 5.41) is 15.9. The first kappa shape index (κ1) is 28.7. The lowest BCUT2D eigenvalue weighted by atomic mass is 9.74. The number of alkyl halides is 2. The predicted octanol–water partition coefficient (Wildman–Crippen LogP) is 5.36. The monoisotopic (exact) mass is 584 g/mol. The van der Waals surface area contributed by atoms with Crippen molar-refractivity contribution in [3.63, 3.8) is 0 Å². The van der Waals surface area contributed by atoms with Crippen LogP contribution in [-0.4, -0.2) is 58.8 Å². The van der Waals surface area contributed by atoms with Gasteiger partial charge in [-0.25, -0.2) is 23.1 Å². The Morgan fingerprint density at radius 1 is 1.14 bits per heavy atom. The van der Waals surface area contributed by atoms with Crippen molar-refractivity contribution in [2.45, 2.75) is 64.0 Å². The van der Waals surface area contributed by atoms with Gasteiger partial charge in [0.25, 0.3) is 6.43 Å². The minimum Gasteiger partial charge on any atom is -0.492 e. The van der Waals surface area contributed by atoms with Crippen LogP contribution in [0.4, 0.5) is 19.0 Å². The van der Waals surface area contributed by atoms with Crippen molar-refractivity contribution in [3.8, 4) is 5.75 Å². The van der Waals surface area contributed by atoms with Crippen LogP contribution in [0, 0.1) is 18.7 Å². The van der Waals surface area contributed by atoms with Gasteiger partial charge in [-0.15, -0.1) is 0 Å². The summed E-state index contributed by atoms with van der Waals surface area (Å²) in [6.07, 6.45) is -0.439. The van der Waals surface area contributed by atoms with Crippen molar-refractivity contribution in [2.75, 3.05) is 38.2 Å². The van der Waals surface area contributed by atoms with Crippen molar-refractivity contribution >= 4 is 22.6 Å². The van der Waals surface area contributed by atoms with Crippen molar-refractivity contribution in [1.29, 1.82) is 0 Å². The molecule has 8 nitrogen and oxygen atoms in total. The van der Waals surface area contributed by atoms with E-state index >= 15 is 0 Å². The summed E-state index contributed by atoms with van der Waals surface area (Å²) >= 11 is 0. The fraction of sp³-hybridized carbons (Fsp3) is 0.516. The molecule has 42 heavy (non-hydrogen) atoms. The van der Waals surface area contributed by atoms with E-state index in [1.807, 2.05) is 11.0 Å². The number of halogens is 3. The molecule has 2 aliphatic heterocycles. The van der Waals surface area contributed by atoms with E-state index < -0.39 is 29.4 Å². The van der Waals surface area contributed by atoms with E-state index in [0.29, 0.717) is 98.9 Å². The summed E-state index contributed by atoms with van der Waals surface area (Å²) < 4.78 is 53.1. The Morgan fingerprint density at radius 3 is 2.57 bits per heavy atom. The molecule has 3 heterocycles. The molecule has 1 aromatic heterocycles. The summed E-state index contributed by atoms with van der Waals surface area (Å²) in [5.74, 6) is 0.545. The zero-order valence-corrected chi connectivity index (χ0v) is 23.8. The molecular formula is C31H35F3N4O4. The highest BCUT2D eigenvalue weighted by molar-refractivity contribution is 5.94. The number of hydrogen-bond donors (Lipinski definition) is 2. The van der Waals surface area contributed by atoms with Crippen LogP contribution in [0.5, 0.6) is 5.75 Å². The maximum Gasteiger partial charge on any atom is 0.266 e. The number of nitrogens with zero attached hydrogens (tertiary/aromatic N) is 3. The molecule has 2 fully saturated rings. The van der Waals surface area contributed by atoms with Crippen LogP contribution in [-0.2, 0) is 21.6 Å². The van der Waals surface area contributed by atoms with E-state index in [4.69, 9.17) is 14.5 Å². The Bertz CT molecular complexity index is 1500. The van der Waals surface area contributed by atoms with Gasteiger partial charge in [-0.2, -0.15) is 0 Å². The molecule has 1 aliphatic carbocycles. The number of rotatable bonds is 6. The number of fused-ring (bicyclic) bond motifs is 3. The van der Waals surface area contributed by atoms with Crippen molar-refractivity contribution in [2.24, 2.45) is 5.92 Å². The number of morpholine rings is 1. The number of ether oxygens (including phenoxy) is 2. The van der Waals surface area contributed by atoms with Crippen LogP contribution in [0.1, 0.15) is 73.2 Å². The van der Waals surface area contributed by atoms with E-state index in [9.17, 15) is 23.1 Å². The maximum absolute atomic E-state index is 15.0. The van der Waals surface area contributed by atoms with Gasteiger partial charge in [-0.3, -0.25) is 4.79 Å². The topological polar surface area (TPSA) is 96.8 Å².